The molecule has 0 unspecified atom stereocenters. The van der Waals surface area contributed by atoms with Crippen LogP contribution in [0.3, 0.4) is 0 Å². The number of hydrogen-bond acceptors (Lipinski definition) is 0. The first-order valence-corrected chi connectivity index (χ1v) is 4.57. The molecule has 0 amide bonds. The summed E-state index contributed by atoms with van der Waals surface area (Å²) in [6, 6.07) is 0. The van der Waals surface area contributed by atoms with Gasteiger partial charge in [0.2, 0.25) is 0 Å². The lowest BCUT2D eigenvalue weighted by Gasteiger charge is -2.26. The number of halogens is 1. The molecule has 1 heteroatoms. The molecule has 0 saturated heterocycles. The lowest BCUT2D eigenvalue weighted by Crippen LogP contribution is -2.18. The zero-order valence-electron chi connectivity index (χ0n) is 7.44. The summed E-state index contributed by atoms with van der Waals surface area (Å²) < 4.78 is 12.9. The van der Waals surface area contributed by atoms with E-state index in [1.165, 1.54) is 5.57 Å². The van der Waals surface area contributed by atoms with Crippen LogP contribution in [-0.4, -0.2) is 6.17 Å². The molecule has 0 aromatic carbocycles. The Morgan fingerprint density at radius 3 is 2.91 bits per heavy atom. The minimum atomic E-state index is -0.538. The van der Waals surface area contributed by atoms with Gasteiger partial charge >= 0.3 is 0 Å². The van der Waals surface area contributed by atoms with Gasteiger partial charge < -0.3 is 0 Å². The second-order valence-corrected chi connectivity index (χ2v) is 3.34. The number of hydrogen-bond donors (Lipinski definition) is 0. The standard InChI is InChI=1S/C10H17F/c1-3-8-5-6-10(11)7-9(8)4-2/h3,9-10H,4-7H2,1-2H3/b8-3-/t9-,10-/m0/s1. The van der Waals surface area contributed by atoms with E-state index >= 15 is 0 Å². The van der Waals surface area contributed by atoms with Gasteiger partial charge in [0.15, 0.2) is 0 Å². The quantitative estimate of drug-likeness (QED) is 0.510. The van der Waals surface area contributed by atoms with Crippen LogP contribution in [-0.2, 0) is 0 Å². The van der Waals surface area contributed by atoms with Gasteiger partial charge in [-0.1, -0.05) is 18.6 Å². The Morgan fingerprint density at radius 2 is 2.36 bits per heavy atom. The summed E-state index contributed by atoms with van der Waals surface area (Å²) >= 11 is 0. The fourth-order valence-corrected chi connectivity index (χ4v) is 1.91. The average molecular weight is 156 g/mol. The molecule has 2 atom stereocenters. The van der Waals surface area contributed by atoms with E-state index in [0.29, 0.717) is 5.92 Å². The predicted octanol–water partition coefficient (Wildman–Crippen LogP) is 3.48. The molecule has 0 spiro atoms. The van der Waals surface area contributed by atoms with E-state index < -0.39 is 6.17 Å². The monoisotopic (exact) mass is 156 g/mol. The van der Waals surface area contributed by atoms with Crippen molar-refractivity contribution in [2.24, 2.45) is 5.92 Å². The molecule has 64 valence electrons. The zero-order chi connectivity index (χ0) is 8.27. The number of allylic oxidation sites excluding steroid dienone is 2. The van der Waals surface area contributed by atoms with Gasteiger partial charge in [0.1, 0.15) is 6.17 Å². The van der Waals surface area contributed by atoms with Crippen LogP contribution in [0.15, 0.2) is 11.6 Å². The minimum Gasteiger partial charge on any atom is -0.247 e. The maximum Gasteiger partial charge on any atom is 0.101 e. The summed E-state index contributed by atoms with van der Waals surface area (Å²) in [6.07, 6.45) is 5.21. The molecular formula is C10H17F. The molecule has 0 aliphatic heterocycles. The Hall–Kier alpha value is -0.330. The van der Waals surface area contributed by atoms with Gasteiger partial charge in [-0.05, 0) is 38.5 Å². The first-order valence-electron chi connectivity index (χ1n) is 4.57. The van der Waals surface area contributed by atoms with Crippen LogP contribution in [0.5, 0.6) is 0 Å². The van der Waals surface area contributed by atoms with Crippen LogP contribution in [0.1, 0.15) is 39.5 Å². The highest BCUT2D eigenvalue weighted by atomic mass is 19.1. The molecule has 1 fully saturated rings. The molecule has 0 aromatic rings. The van der Waals surface area contributed by atoms with Gasteiger partial charge in [-0.3, -0.25) is 0 Å². The maximum atomic E-state index is 12.9. The number of rotatable bonds is 1. The summed E-state index contributed by atoms with van der Waals surface area (Å²) in [7, 11) is 0. The Balaban J connectivity index is 2.55. The summed E-state index contributed by atoms with van der Waals surface area (Å²) in [5.74, 6) is 0.531. The third-order valence-corrected chi connectivity index (χ3v) is 2.67. The van der Waals surface area contributed by atoms with Crippen LogP contribution in [0.2, 0.25) is 0 Å². The summed E-state index contributed by atoms with van der Waals surface area (Å²) in [6.45, 7) is 4.21. The lowest BCUT2D eigenvalue weighted by molar-refractivity contribution is 0.234. The van der Waals surface area contributed by atoms with Crippen molar-refractivity contribution >= 4 is 0 Å². The van der Waals surface area contributed by atoms with Gasteiger partial charge in [-0.15, -0.1) is 0 Å². The molecule has 1 aliphatic rings. The third kappa shape index (κ3) is 2.05. The second kappa shape index (κ2) is 3.89. The van der Waals surface area contributed by atoms with E-state index in [0.717, 1.165) is 25.7 Å². The van der Waals surface area contributed by atoms with Crippen LogP contribution in [0.4, 0.5) is 4.39 Å². The fourth-order valence-electron chi connectivity index (χ4n) is 1.91. The van der Waals surface area contributed by atoms with Crippen LogP contribution in [0, 0.1) is 5.92 Å². The molecule has 0 heterocycles. The van der Waals surface area contributed by atoms with E-state index in [4.69, 9.17) is 0 Å². The van der Waals surface area contributed by atoms with Crippen molar-refractivity contribution in [3.8, 4) is 0 Å². The van der Waals surface area contributed by atoms with Crippen molar-refractivity contribution in [2.45, 2.75) is 45.7 Å². The molecular weight excluding hydrogens is 139 g/mol. The van der Waals surface area contributed by atoms with Crippen molar-refractivity contribution in [2.75, 3.05) is 0 Å². The van der Waals surface area contributed by atoms with E-state index in [2.05, 4.69) is 19.9 Å². The van der Waals surface area contributed by atoms with E-state index in [9.17, 15) is 4.39 Å². The van der Waals surface area contributed by atoms with Gasteiger partial charge in [0.05, 0.1) is 0 Å². The predicted molar refractivity (Wildman–Crippen MR) is 46.3 cm³/mol. The Morgan fingerprint density at radius 1 is 1.64 bits per heavy atom. The van der Waals surface area contributed by atoms with Crippen molar-refractivity contribution in [3.63, 3.8) is 0 Å². The molecule has 11 heavy (non-hydrogen) atoms. The van der Waals surface area contributed by atoms with Crippen molar-refractivity contribution in [1.29, 1.82) is 0 Å². The topological polar surface area (TPSA) is 0 Å². The lowest BCUT2D eigenvalue weighted by atomic mass is 9.81. The average Bonchev–Trinajstić information content (AvgIpc) is 2.04. The second-order valence-electron chi connectivity index (χ2n) is 3.34. The molecule has 1 rings (SSSR count). The van der Waals surface area contributed by atoms with Crippen LogP contribution < -0.4 is 0 Å². The Kier molecular flexibility index (Phi) is 3.10. The van der Waals surface area contributed by atoms with Gasteiger partial charge in [0.25, 0.3) is 0 Å². The van der Waals surface area contributed by atoms with Crippen molar-refractivity contribution in [3.05, 3.63) is 11.6 Å². The van der Waals surface area contributed by atoms with Crippen molar-refractivity contribution < 1.29 is 4.39 Å². The molecule has 0 aromatic heterocycles. The Labute approximate surface area is 68.5 Å². The fraction of sp³-hybridized carbons (Fsp3) is 0.800. The Bertz CT molecular complexity index is 149. The normalized spacial score (nSPS) is 36.1. The van der Waals surface area contributed by atoms with Gasteiger partial charge in [-0.2, -0.15) is 0 Å². The van der Waals surface area contributed by atoms with Crippen molar-refractivity contribution in [1.82, 2.24) is 0 Å². The largest absolute Gasteiger partial charge is 0.247 e. The first-order chi connectivity index (χ1) is 5.27. The van der Waals surface area contributed by atoms with Crippen LogP contribution >= 0.6 is 0 Å². The first kappa shape index (κ1) is 8.76. The van der Waals surface area contributed by atoms with E-state index in [-0.39, 0.29) is 0 Å². The molecule has 0 nitrogen and oxygen atoms in total. The molecule has 1 saturated carbocycles. The van der Waals surface area contributed by atoms with Gasteiger partial charge in [0, 0.05) is 0 Å². The van der Waals surface area contributed by atoms with E-state index in [1.54, 1.807) is 0 Å². The molecule has 0 radical (unpaired) electrons. The maximum absolute atomic E-state index is 12.9. The summed E-state index contributed by atoms with van der Waals surface area (Å²) in [5, 5.41) is 0. The number of alkyl halides is 1. The molecule has 0 bridgehead atoms. The summed E-state index contributed by atoms with van der Waals surface area (Å²) in [4.78, 5) is 0. The van der Waals surface area contributed by atoms with Gasteiger partial charge in [-0.25, -0.2) is 4.39 Å². The highest BCUT2D eigenvalue weighted by molar-refractivity contribution is 5.09. The minimum absolute atomic E-state index is 0.531. The summed E-state index contributed by atoms with van der Waals surface area (Å²) in [5.41, 5.74) is 1.47. The van der Waals surface area contributed by atoms with E-state index in [1.807, 2.05) is 0 Å². The highest BCUT2D eigenvalue weighted by Gasteiger charge is 2.23. The third-order valence-electron chi connectivity index (χ3n) is 2.67. The highest BCUT2D eigenvalue weighted by Crippen LogP contribution is 2.32. The smallest absolute Gasteiger partial charge is 0.101 e. The zero-order valence-corrected chi connectivity index (χ0v) is 7.44. The molecule has 0 N–H and O–H groups in total. The molecule has 1 aliphatic carbocycles. The SMILES string of the molecule is C/C=C1/CC[C@H](F)C[C@@H]1CC. The van der Waals surface area contributed by atoms with Crippen LogP contribution in [0.25, 0.3) is 0 Å².